The molecule has 40 heavy (non-hydrogen) atoms. The highest BCUT2D eigenvalue weighted by molar-refractivity contribution is 7.89. The minimum Gasteiger partial charge on any atom is -0.495 e. The highest BCUT2D eigenvalue weighted by Crippen LogP contribution is 2.49. The van der Waals surface area contributed by atoms with Crippen molar-refractivity contribution in [2.45, 2.75) is 44.6 Å². The normalized spacial score (nSPS) is 14.2. The lowest BCUT2D eigenvalue weighted by molar-refractivity contribution is -0.134. The number of halogens is 1. The van der Waals surface area contributed by atoms with Crippen molar-refractivity contribution in [2.75, 3.05) is 33.5 Å². The van der Waals surface area contributed by atoms with Gasteiger partial charge in [-0.3, -0.25) is 14.6 Å². The molecule has 0 saturated heterocycles. The van der Waals surface area contributed by atoms with E-state index in [1.165, 1.54) is 25.4 Å². The Morgan fingerprint density at radius 1 is 1.18 bits per heavy atom. The van der Waals surface area contributed by atoms with Gasteiger partial charge in [0.15, 0.2) is 5.78 Å². The monoisotopic (exact) mass is 604 g/mol. The zero-order valence-corrected chi connectivity index (χ0v) is 25.4. The maximum absolute atomic E-state index is 14.0. The minimum atomic E-state index is -3.72. The molecule has 4 rings (SSSR count). The summed E-state index contributed by atoms with van der Waals surface area (Å²) in [4.78, 5) is 38.3. The lowest BCUT2D eigenvalue weighted by Gasteiger charge is -2.27. The highest BCUT2D eigenvalue weighted by atomic mass is 35.5. The third-order valence-corrected chi connectivity index (χ3v) is 9.92. The zero-order chi connectivity index (χ0) is 29.1. The van der Waals surface area contributed by atoms with E-state index >= 15 is 0 Å². The molecule has 1 saturated carbocycles. The number of aryl methyl sites for hydroxylation is 2. The average molecular weight is 605 g/mol. The van der Waals surface area contributed by atoms with Gasteiger partial charge >= 0.3 is 0 Å². The molecule has 12 heteroatoms. The average Bonchev–Trinajstić information content (AvgIpc) is 3.64. The lowest BCUT2D eigenvalue weighted by Crippen LogP contribution is -2.40. The molecule has 1 aromatic carbocycles. The van der Waals surface area contributed by atoms with Crippen LogP contribution in [0.1, 0.15) is 50.9 Å². The number of hydrogen-bond acceptors (Lipinski definition) is 8. The number of benzene rings is 1. The largest absolute Gasteiger partial charge is 0.495 e. The Kier molecular flexibility index (Phi) is 9.29. The summed E-state index contributed by atoms with van der Waals surface area (Å²) in [5, 5.41) is 1.25. The van der Waals surface area contributed by atoms with E-state index in [0.29, 0.717) is 52.2 Å². The number of carbonyl (C=O) groups excluding carboxylic acids is 2. The van der Waals surface area contributed by atoms with Crippen molar-refractivity contribution < 1.29 is 22.7 Å². The van der Waals surface area contributed by atoms with E-state index < -0.39 is 27.0 Å². The Bertz CT molecular complexity index is 1480. The Morgan fingerprint density at radius 2 is 1.93 bits per heavy atom. The number of thiazole rings is 1. The summed E-state index contributed by atoms with van der Waals surface area (Å²) in [5.74, 6) is -0.628. The molecular formula is C28H33ClN4O5S2. The van der Waals surface area contributed by atoms with Gasteiger partial charge in [-0.25, -0.2) is 17.7 Å². The van der Waals surface area contributed by atoms with Gasteiger partial charge in [-0.05, 0) is 62.4 Å². The second-order valence-electron chi connectivity index (χ2n) is 10.1. The SMILES string of the molecule is COc1ccc(C2(C(=O)N(CCCc3cccc(Cl)c3)Cc3nc(C(=O)CS(=O)(=O)N(C)C)c(C)s3)CC2)nc1. The molecule has 3 aromatic rings. The number of amides is 1. The minimum absolute atomic E-state index is 0.0350. The van der Waals surface area contributed by atoms with Crippen molar-refractivity contribution >= 4 is 44.7 Å². The number of ether oxygens (including phenoxy) is 1. The summed E-state index contributed by atoms with van der Waals surface area (Å²) in [6, 6.07) is 11.3. The van der Waals surface area contributed by atoms with Crippen molar-refractivity contribution in [1.29, 1.82) is 0 Å². The molecule has 0 aliphatic heterocycles. The third kappa shape index (κ3) is 6.88. The first-order valence-corrected chi connectivity index (χ1v) is 15.7. The predicted octanol–water partition coefficient (Wildman–Crippen LogP) is 4.28. The number of carbonyl (C=O) groups is 2. The van der Waals surface area contributed by atoms with Gasteiger partial charge in [0.1, 0.15) is 22.2 Å². The van der Waals surface area contributed by atoms with E-state index in [-0.39, 0.29) is 18.1 Å². The summed E-state index contributed by atoms with van der Waals surface area (Å²) in [6.45, 7) is 2.43. The fraction of sp³-hybridized carbons (Fsp3) is 0.429. The Labute approximate surface area is 244 Å². The highest BCUT2D eigenvalue weighted by Gasteiger charge is 2.54. The molecule has 0 spiro atoms. The van der Waals surface area contributed by atoms with E-state index in [2.05, 4.69) is 9.97 Å². The van der Waals surface area contributed by atoms with E-state index in [9.17, 15) is 18.0 Å². The van der Waals surface area contributed by atoms with Crippen molar-refractivity contribution in [1.82, 2.24) is 19.2 Å². The number of ketones is 1. The van der Waals surface area contributed by atoms with Crippen LogP contribution in [0.25, 0.3) is 0 Å². The molecule has 2 aromatic heterocycles. The Morgan fingerprint density at radius 3 is 2.52 bits per heavy atom. The Balaban J connectivity index is 1.56. The number of nitrogens with zero attached hydrogens (tertiary/aromatic N) is 4. The van der Waals surface area contributed by atoms with Crippen LogP contribution in [0.15, 0.2) is 42.6 Å². The van der Waals surface area contributed by atoms with Crippen LogP contribution in [0.4, 0.5) is 0 Å². The topological polar surface area (TPSA) is 110 Å². The molecule has 1 amide bonds. The van der Waals surface area contributed by atoms with Gasteiger partial charge in [0.05, 0.1) is 31.0 Å². The van der Waals surface area contributed by atoms with Gasteiger partial charge in [0.25, 0.3) is 0 Å². The summed E-state index contributed by atoms with van der Waals surface area (Å²) in [5.41, 5.74) is 1.22. The number of pyridine rings is 1. The molecule has 9 nitrogen and oxygen atoms in total. The van der Waals surface area contributed by atoms with Gasteiger partial charge in [-0.15, -0.1) is 11.3 Å². The Hall–Kier alpha value is -2.86. The summed E-state index contributed by atoms with van der Waals surface area (Å²) < 4.78 is 30.8. The second kappa shape index (κ2) is 12.3. The maximum atomic E-state index is 14.0. The summed E-state index contributed by atoms with van der Waals surface area (Å²) in [7, 11) is 0.630. The summed E-state index contributed by atoms with van der Waals surface area (Å²) in [6.07, 6.45) is 4.45. The van der Waals surface area contributed by atoms with Crippen LogP contribution in [0.3, 0.4) is 0 Å². The first kappa shape index (κ1) is 30.1. The molecule has 0 unspecified atom stereocenters. The molecule has 214 valence electrons. The van der Waals surface area contributed by atoms with E-state index in [1.54, 1.807) is 25.1 Å². The first-order chi connectivity index (χ1) is 18.9. The standard InChI is InChI=1S/C28H33ClN4O5S2/c1-19-26(23(34)18-40(36,37)32(2)3)31-25(39-19)17-33(14-6-8-20-7-5-9-21(29)15-20)27(35)28(12-13-28)24-11-10-22(38-4)16-30-24/h5,7,9-11,15-16H,6,8,12-14,17-18H2,1-4H3. The van der Waals surface area contributed by atoms with Gasteiger partial charge in [0, 0.05) is 30.5 Å². The zero-order valence-electron chi connectivity index (χ0n) is 23.0. The van der Waals surface area contributed by atoms with E-state index in [0.717, 1.165) is 16.3 Å². The molecular weight excluding hydrogens is 572 g/mol. The van der Waals surface area contributed by atoms with Crippen LogP contribution in [0, 0.1) is 6.92 Å². The fourth-order valence-corrected chi connectivity index (χ4v) is 6.42. The molecule has 0 atom stereocenters. The van der Waals surface area contributed by atoms with Crippen molar-refractivity contribution in [3.8, 4) is 5.75 Å². The molecule has 0 radical (unpaired) electrons. The van der Waals surface area contributed by atoms with Crippen LogP contribution in [0.2, 0.25) is 5.02 Å². The molecule has 0 N–H and O–H groups in total. The number of aromatic nitrogens is 2. The van der Waals surface area contributed by atoms with Crippen molar-refractivity contribution in [3.05, 3.63) is 74.5 Å². The van der Waals surface area contributed by atoms with Crippen molar-refractivity contribution in [2.24, 2.45) is 0 Å². The maximum Gasteiger partial charge on any atom is 0.235 e. The number of methoxy groups -OCH3 is 1. The summed E-state index contributed by atoms with van der Waals surface area (Å²) >= 11 is 7.45. The van der Waals surface area contributed by atoms with Gasteiger partial charge < -0.3 is 9.64 Å². The number of Topliss-reactive ketones (excluding diaryl/α,β-unsaturated/α-hetero) is 1. The molecule has 2 heterocycles. The van der Waals surface area contributed by atoms with Gasteiger partial charge in [-0.2, -0.15) is 0 Å². The quantitative estimate of drug-likeness (QED) is 0.268. The fourth-order valence-electron chi connectivity index (χ4n) is 4.51. The molecule has 1 aliphatic rings. The number of sulfonamides is 1. The molecule has 1 fully saturated rings. The number of rotatable bonds is 13. The third-order valence-electron chi connectivity index (χ3n) is 6.99. The van der Waals surface area contributed by atoms with E-state index in [1.807, 2.05) is 36.4 Å². The second-order valence-corrected chi connectivity index (χ2v) is 14.0. The van der Waals surface area contributed by atoms with Crippen LogP contribution in [0.5, 0.6) is 5.75 Å². The molecule has 1 aliphatic carbocycles. The number of hydrogen-bond donors (Lipinski definition) is 0. The smallest absolute Gasteiger partial charge is 0.235 e. The lowest BCUT2D eigenvalue weighted by atomic mass is 9.99. The molecule has 0 bridgehead atoms. The van der Waals surface area contributed by atoms with Gasteiger partial charge in [0.2, 0.25) is 15.9 Å². The van der Waals surface area contributed by atoms with Crippen LogP contribution < -0.4 is 4.74 Å². The van der Waals surface area contributed by atoms with Gasteiger partial charge in [-0.1, -0.05) is 23.7 Å². The van der Waals surface area contributed by atoms with Crippen LogP contribution in [-0.2, 0) is 33.2 Å². The first-order valence-electron chi connectivity index (χ1n) is 12.9. The van der Waals surface area contributed by atoms with Crippen molar-refractivity contribution in [3.63, 3.8) is 0 Å². The predicted molar refractivity (Wildman–Crippen MR) is 156 cm³/mol. The van der Waals surface area contributed by atoms with Crippen LogP contribution >= 0.6 is 22.9 Å². The van der Waals surface area contributed by atoms with Crippen LogP contribution in [-0.4, -0.2) is 72.8 Å². The van der Waals surface area contributed by atoms with E-state index in [4.69, 9.17) is 16.3 Å².